The third kappa shape index (κ3) is 4.20. The first kappa shape index (κ1) is 17.0. The lowest BCUT2D eigenvalue weighted by Crippen LogP contribution is -2.19. The van der Waals surface area contributed by atoms with Crippen LogP contribution < -0.4 is 5.73 Å². The molecule has 0 aliphatic heterocycles. The number of hydrogen-bond acceptors (Lipinski definition) is 1. The Balaban J connectivity index is 3.28. The summed E-state index contributed by atoms with van der Waals surface area (Å²) >= 11 is 0. The van der Waals surface area contributed by atoms with Gasteiger partial charge in [-0.25, -0.2) is 4.39 Å². The minimum absolute atomic E-state index is 0.107. The number of benzene rings is 1. The molecule has 0 fully saturated rings. The summed E-state index contributed by atoms with van der Waals surface area (Å²) in [4.78, 5) is 0. The first-order valence-corrected chi connectivity index (χ1v) is 6.67. The summed E-state index contributed by atoms with van der Waals surface area (Å²) in [5, 5.41) is 0. The molecule has 0 atom stereocenters. The van der Waals surface area contributed by atoms with Gasteiger partial charge in [0.05, 0.1) is 5.56 Å². The second kappa shape index (κ2) is 6.12. The highest BCUT2D eigenvalue weighted by atomic mass is 19.4. The summed E-state index contributed by atoms with van der Waals surface area (Å²) in [7, 11) is 0. The Morgan fingerprint density at radius 1 is 1.00 bits per heavy atom. The second-order valence-corrected chi connectivity index (χ2v) is 6.00. The molecule has 0 amide bonds. The first-order chi connectivity index (χ1) is 9.07. The fraction of sp³-hybridized carbons (Fsp3) is 0.600. The molecular weight excluding hydrogens is 270 g/mol. The summed E-state index contributed by atoms with van der Waals surface area (Å²) in [6, 6.07) is 2.46. The summed E-state index contributed by atoms with van der Waals surface area (Å²) < 4.78 is 52.9. The van der Waals surface area contributed by atoms with E-state index in [4.69, 9.17) is 5.73 Å². The van der Waals surface area contributed by atoms with Crippen LogP contribution in [0.3, 0.4) is 0 Å². The minimum Gasteiger partial charge on any atom is -0.330 e. The Morgan fingerprint density at radius 3 is 2.00 bits per heavy atom. The Bertz CT molecular complexity index is 423. The van der Waals surface area contributed by atoms with Crippen molar-refractivity contribution in [1.29, 1.82) is 0 Å². The Kier molecular flexibility index (Phi) is 5.19. The Labute approximate surface area is 117 Å². The SMILES string of the molecule is CC(C)(C)c1cc(CCCCN)cc(C(F)(F)F)c1F. The maximum absolute atomic E-state index is 14.1. The number of nitrogens with two attached hydrogens (primary N) is 1. The molecule has 0 radical (unpaired) electrons. The number of unbranched alkanes of at least 4 members (excludes halogenated alkanes) is 1. The molecule has 114 valence electrons. The van der Waals surface area contributed by atoms with Crippen LogP contribution in [0, 0.1) is 5.82 Å². The van der Waals surface area contributed by atoms with Crippen molar-refractivity contribution in [3.63, 3.8) is 0 Å². The van der Waals surface area contributed by atoms with Gasteiger partial charge < -0.3 is 5.73 Å². The monoisotopic (exact) mass is 291 g/mol. The average molecular weight is 291 g/mol. The zero-order chi connectivity index (χ0) is 15.6. The highest BCUT2D eigenvalue weighted by Crippen LogP contribution is 2.37. The molecule has 0 saturated carbocycles. The van der Waals surface area contributed by atoms with Crippen molar-refractivity contribution in [3.8, 4) is 0 Å². The zero-order valence-corrected chi connectivity index (χ0v) is 12.1. The van der Waals surface area contributed by atoms with Crippen LogP contribution in [0.4, 0.5) is 17.6 Å². The molecule has 5 heteroatoms. The van der Waals surface area contributed by atoms with E-state index < -0.39 is 23.0 Å². The lowest BCUT2D eigenvalue weighted by Gasteiger charge is -2.23. The van der Waals surface area contributed by atoms with Crippen LogP contribution in [-0.4, -0.2) is 6.54 Å². The smallest absolute Gasteiger partial charge is 0.330 e. The lowest BCUT2D eigenvalue weighted by molar-refractivity contribution is -0.140. The molecular formula is C15H21F4N. The number of alkyl halides is 3. The van der Waals surface area contributed by atoms with Crippen molar-refractivity contribution < 1.29 is 17.6 Å². The second-order valence-electron chi connectivity index (χ2n) is 6.00. The highest BCUT2D eigenvalue weighted by Gasteiger charge is 2.37. The van der Waals surface area contributed by atoms with Gasteiger partial charge in [0, 0.05) is 0 Å². The van der Waals surface area contributed by atoms with E-state index in [1.807, 2.05) is 0 Å². The van der Waals surface area contributed by atoms with Gasteiger partial charge in [-0.15, -0.1) is 0 Å². The van der Waals surface area contributed by atoms with Crippen LogP contribution in [0.1, 0.15) is 50.3 Å². The van der Waals surface area contributed by atoms with Crippen molar-refractivity contribution in [2.75, 3.05) is 6.54 Å². The number of rotatable bonds is 4. The highest BCUT2D eigenvalue weighted by molar-refractivity contribution is 5.37. The van der Waals surface area contributed by atoms with Crippen molar-refractivity contribution in [3.05, 3.63) is 34.6 Å². The molecule has 1 aromatic carbocycles. The summed E-state index contributed by atoms with van der Waals surface area (Å²) in [5.74, 6) is -1.16. The van der Waals surface area contributed by atoms with Gasteiger partial charge in [-0.2, -0.15) is 13.2 Å². The molecule has 1 nitrogen and oxygen atoms in total. The topological polar surface area (TPSA) is 26.0 Å². The summed E-state index contributed by atoms with van der Waals surface area (Å²) in [6.45, 7) is 5.61. The molecule has 1 aromatic rings. The molecule has 0 spiro atoms. The Hall–Kier alpha value is -1.10. The maximum atomic E-state index is 14.1. The molecule has 20 heavy (non-hydrogen) atoms. The Morgan fingerprint density at radius 2 is 1.55 bits per heavy atom. The number of aryl methyl sites for hydroxylation is 1. The standard InChI is InChI=1S/C15H21F4N/c1-14(2,3)11-8-10(6-4-5-7-20)9-12(13(11)16)15(17,18)19/h8-9H,4-7,20H2,1-3H3. The molecule has 0 saturated heterocycles. The molecule has 0 unspecified atom stereocenters. The van der Waals surface area contributed by atoms with Gasteiger partial charge in [0.1, 0.15) is 5.82 Å². The van der Waals surface area contributed by atoms with Crippen molar-refractivity contribution in [1.82, 2.24) is 0 Å². The number of halogens is 4. The molecule has 0 aliphatic rings. The minimum atomic E-state index is -4.67. The van der Waals surface area contributed by atoms with Gasteiger partial charge in [0.25, 0.3) is 0 Å². The normalized spacial score (nSPS) is 12.8. The van der Waals surface area contributed by atoms with E-state index in [1.54, 1.807) is 26.8 Å². The van der Waals surface area contributed by atoms with Crippen LogP contribution >= 0.6 is 0 Å². The average Bonchev–Trinajstić information content (AvgIpc) is 2.28. The van der Waals surface area contributed by atoms with Crippen LogP contribution in [0.5, 0.6) is 0 Å². The fourth-order valence-corrected chi connectivity index (χ4v) is 2.05. The van der Waals surface area contributed by atoms with Crippen LogP contribution in [0.15, 0.2) is 12.1 Å². The van der Waals surface area contributed by atoms with Gasteiger partial charge in [-0.3, -0.25) is 0 Å². The van der Waals surface area contributed by atoms with E-state index in [-0.39, 0.29) is 5.56 Å². The van der Waals surface area contributed by atoms with E-state index in [2.05, 4.69) is 0 Å². The predicted molar refractivity (Wildman–Crippen MR) is 72.1 cm³/mol. The largest absolute Gasteiger partial charge is 0.419 e. The summed E-state index contributed by atoms with van der Waals surface area (Å²) in [6.07, 6.45) is -2.76. The quantitative estimate of drug-likeness (QED) is 0.645. The van der Waals surface area contributed by atoms with Crippen LogP contribution in [-0.2, 0) is 18.0 Å². The first-order valence-electron chi connectivity index (χ1n) is 6.67. The van der Waals surface area contributed by atoms with E-state index in [1.165, 1.54) is 0 Å². The van der Waals surface area contributed by atoms with Gasteiger partial charge >= 0.3 is 6.18 Å². The van der Waals surface area contributed by atoms with Gasteiger partial charge in [0.2, 0.25) is 0 Å². The predicted octanol–water partition coefficient (Wildman–Crippen LogP) is 4.42. The third-order valence-electron chi connectivity index (χ3n) is 3.17. The lowest BCUT2D eigenvalue weighted by atomic mass is 9.83. The van der Waals surface area contributed by atoms with Gasteiger partial charge in [-0.1, -0.05) is 26.8 Å². The fourth-order valence-electron chi connectivity index (χ4n) is 2.05. The maximum Gasteiger partial charge on any atom is 0.419 e. The molecule has 2 N–H and O–H groups in total. The zero-order valence-electron chi connectivity index (χ0n) is 12.1. The molecule has 0 heterocycles. The third-order valence-corrected chi connectivity index (χ3v) is 3.17. The molecule has 1 rings (SSSR count). The van der Waals surface area contributed by atoms with Crippen molar-refractivity contribution >= 4 is 0 Å². The van der Waals surface area contributed by atoms with Crippen molar-refractivity contribution in [2.24, 2.45) is 5.73 Å². The summed E-state index contributed by atoms with van der Waals surface area (Å²) in [5.41, 5.74) is 4.15. The van der Waals surface area contributed by atoms with Crippen LogP contribution in [0.25, 0.3) is 0 Å². The van der Waals surface area contributed by atoms with Crippen molar-refractivity contribution in [2.45, 2.75) is 51.6 Å². The van der Waals surface area contributed by atoms with Gasteiger partial charge in [0.15, 0.2) is 0 Å². The van der Waals surface area contributed by atoms with Gasteiger partial charge in [-0.05, 0) is 48.4 Å². The van der Waals surface area contributed by atoms with Crippen LogP contribution in [0.2, 0.25) is 0 Å². The van der Waals surface area contributed by atoms with E-state index in [9.17, 15) is 17.6 Å². The van der Waals surface area contributed by atoms with E-state index in [0.717, 1.165) is 12.5 Å². The molecule has 0 aliphatic carbocycles. The number of hydrogen-bond donors (Lipinski definition) is 1. The van der Waals surface area contributed by atoms with E-state index in [0.29, 0.717) is 24.9 Å². The molecule has 0 bridgehead atoms. The van der Waals surface area contributed by atoms with E-state index >= 15 is 0 Å². The molecule has 0 aromatic heterocycles.